The second-order valence-electron chi connectivity index (χ2n) is 7.55. The molecule has 0 aromatic carbocycles. The molecule has 0 amide bonds. The molecule has 0 saturated carbocycles. The van der Waals surface area contributed by atoms with Crippen LogP contribution in [0.15, 0.2) is 42.5 Å². The second kappa shape index (κ2) is 9.37. The Kier molecular flexibility index (Phi) is 6.42. The smallest absolute Gasteiger partial charge is 0.158 e. The molecule has 2 aromatic rings. The minimum Gasteiger partial charge on any atom is -0.378 e. The number of hydrogen-bond acceptors (Lipinski definition) is 5. The fourth-order valence-corrected chi connectivity index (χ4v) is 3.97. The molecule has 6 nitrogen and oxygen atoms in total. The van der Waals surface area contributed by atoms with Gasteiger partial charge in [0.2, 0.25) is 0 Å². The van der Waals surface area contributed by atoms with Crippen LogP contribution in [0.3, 0.4) is 0 Å². The molecule has 154 valence electrons. The first-order chi connectivity index (χ1) is 14.3. The molecule has 2 aliphatic rings. The van der Waals surface area contributed by atoms with E-state index in [1.165, 1.54) is 6.42 Å². The molecule has 2 aliphatic heterocycles. The molecule has 0 spiro atoms. The number of anilines is 1. The first-order valence-electron chi connectivity index (χ1n) is 10.8. The lowest BCUT2D eigenvalue weighted by Crippen LogP contribution is -2.37. The van der Waals surface area contributed by atoms with Crippen LogP contribution in [0.5, 0.6) is 0 Å². The van der Waals surface area contributed by atoms with Gasteiger partial charge in [-0.2, -0.15) is 9.61 Å². The van der Waals surface area contributed by atoms with Crippen molar-refractivity contribution in [3.8, 4) is 0 Å². The first-order valence-corrected chi connectivity index (χ1v) is 10.8. The number of aromatic nitrogens is 3. The number of morpholine rings is 1. The van der Waals surface area contributed by atoms with Gasteiger partial charge in [0, 0.05) is 36.8 Å². The lowest BCUT2D eigenvalue weighted by atomic mass is 10.1. The average Bonchev–Trinajstić information content (AvgIpc) is 3.43. The zero-order valence-electron chi connectivity index (χ0n) is 17.5. The fraction of sp³-hybridized carbons (Fsp3) is 0.478. The lowest BCUT2D eigenvalue weighted by Gasteiger charge is -2.29. The fourth-order valence-electron chi connectivity index (χ4n) is 3.97. The summed E-state index contributed by atoms with van der Waals surface area (Å²) in [6.07, 6.45) is 13.9. The third-order valence-electron chi connectivity index (χ3n) is 5.47. The van der Waals surface area contributed by atoms with Gasteiger partial charge in [-0.1, -0.05) is 37.3 Å². The summed E-state index contributed by atoms with van der Waals surface area (Å²) < 4.78 is 7.57. The van der Waals surface area contributed by atoms with Crippen molar-refractivity contribution in [2.45, 2.75) is 39.2 Å². The predicted octanol–water partition coefficient (Wildman–Crippen LogP) is 3.92. The molecule has 1 N–H and O–H groups in total. The van der Waals surface area contributed by atoms with E-state index in [0.29, 0.717) is 6.04 Å². The molecule has 2 saturated heterocycles. The van der Waals surface area contributed by atoms with Crippen molar-refractivity contribution in [2.24, 2.45) is 0 Å². The van der Waals surface area contributed by atoms with Crippen molar-refractivity contribution in [1.29, 1.82) is 0 Å². The van der Waals surface area contributed by atoms with Crippen molar-refractivity contribution in [3.63, 3.8) is 0 Å². The number of fused-ring (bicyclic) bond motifs is 1. The molecule has 2 aromatic heterocycles. The first kappa shape index (κ1) is 19.9. The van der Waals surface area contributed by atoms with Gasteiger partial charge in [0.1, 0.15) is 5.82 Å². The van der Waals surface area contributed by atoms with Crippen LogP contribution in [0.2, 0.25) is 0 Å². The van der Waals surface area contributed by atoms with E-state index in [0.717, 1.165) is 74.1 Å². The van der Waals surface area contributed by atoms with Gasteiger partial charge in [-0.3, -0.25) is 0 Å². The molecule has 6 heteroatoms. The maximum Gasteiger partial charge on any atom is 0.158 e. The number of hydrogen-bond donors (Lipinski definition) is 1. The summed E-state index contributed by atoms with van der Waals surface area (Å²) in [6, 6.07) is 4.65. The van der Waals surface area contributed by atoms with Crippen LogP contribution in [-0.4, -0.2) is 47.4 Å². The molecule has 0 aliphatic carbocycles. The highest BCUT2D eigenvalue weighted by atomic mass is 16.5. The van der Waals surface area contributed by atoms with Crippen LogP contribution < -0.4 is 10.2 Å². The van der Waals surface area contributed by atoms with Crippen molar-refractivity contribution < 1.29 is 4.74 Å². The maximum atomic E-state index is 5.57. The minimum atomic E-state index is 0.330. The van der Waals surface area contributed by atoms with E-state index in [2.05, 4.69) is 59.7 Å². The average molecular weight is 394 g/mol. The zero-order valence-corrected chi connectivity index (χ0v) is 17.5. The monoisotopic (exact) mass is 393 g/mol. The normalized spacial score (nSPS) is 21.2. The number of rotatable bonds is 6. The van der Waals surface area contributed by atoms with Gasteiger partial charge in [0.25, 0.3) is 0 Å². The Balaban J connectivity index is 1.80. The number of nitrogens with one attached hydrogen (secondary N) is 1. The van der Waals surface area contributed by atoms with Gasteiger partial charge in [-0.15, -0.1) is 0 Å². The van der Waals surface area contributed by atoms with Crippen molar-refractivity contribution in [1.82, 2.24) is 19.9 Å². The zero-order chi connectivity index (χ0) is 20.1. The number of nitrogens with zero attached hydrogens (tertiary/aromatic N) is 4. The van der Waals surface area contributed by atoms with Gasteiger partial charge in [-0.05, 0) is 32.7 Å². The van der Waals surface area contributed by atoms with E-state index in [9.17, 15) is 0 Å². The van der Waals surface area contributed by atoms with Crippen LogP contribution >= 0.6 is 0 Å². The van der Waals surface area contributed by atoms with Crippen molar-refractivity contribution in [3.05, 3.63) is 53.9 Å². The molecule has 0 radical (unpaired) electrons. The van der Waals surface area contributed by atoms with Crippen molar-refractivity contribution in [2.75, 3.05) is 37.7 Å². The number of allylic oxidation sites excluding steroid dienone is 6. The van der Waals surface area contributed by atoms with Gasteiger partial charge < -0.3 is 15.0 Å². The summed E-state index contributed by atoms with van der Waals surface area (Å²) in [5.74, 6) is 1.11. The van der Waals surface area contributed by atoms with Crippen LogP contribution in [0.25, 0.3) is 11.2 Å². The predicted molar refractivity (Wildman–Crippen MR) is 118 cm³/mol. The Labute approximate surface area is 173 Å². The van der Waals surface area contributed by atoms with Crippen LogP contribution in [0.4, 0.5) is 5.82 Å². The molecule has 4 heterocycles. The summed E-state index contributed by atoms with van der Waals surface area (Å²) in [5, 5.41) is 8.54. The summed E-state index contributed by atoms with van der Waals surface area (Å²) >= 11 is 0. The van der Waals surface area contributed by atoms with E-state index in [4.69, 9.17) is 14.8 Å². The summed E-state index contributed by atoms with van der Waals surface area (Å²) in [7, 11) is 0. The standard InChI is InChI=1S/C23H31N5O/c1-3-5-6-9-18(8-4-2)20-16-22-25-21(19-10-7-11-24-19)17-23(28(22)26-20)27-12-14-29-15-13-27/h4-6,8-9,16-17,19,24H,3,7,10-15H2,1-2H3/b6-5+,8-4-,18-9+. The maximum absolute atomic E-state index is 5.57. The Morgan fingerprint density at radius 2 is 2.17 bits per heavy atom. The minimum absolute atomic E-state index is 0.330. The Morgan fingerprint density at radius 1 is 1.31 bits per heavy atom. The highest BCUT2D eigenvalue weighted by Gasteiger charge is 2.23. The highest BCUT2D eigenvalue weighted by Crippen LogP contribution is 2.28. The largest absolute Gasteiger partial charge is 0.378 e. The van der Waals surface area contributed by atoms with Gasteiger partial charge >= 0.3 is 0 Å². The van der Waals surface area contributed by atoms with E-state index in [-0.39, 0.29) is 0 Å². The Hall–Kier alpha value is -2.44. The topological polar surface area (TPSA) is 54.7 Å². The molecule has 1 unspecified atom stereocenters. The summed E-state index contributed by atoms with van der Waals surface area (Å²) in [6.45, 7) is 8.50. The third-order valence-corrected chi connectivity index (χ3v) is 5.47. The molecule has 29 heavy (non-hydrogen) atoms. The molecule has 0 bridgehead atoms. The molecule has 1 atom stereocenters. The van der Waals surface area contributed by atoms with E-state index < -0.39 is 0 Å². The Morgan fingerprint density at radius 3 is 2.90 bits per heavy atom. The van der Waals surface area contributed by atoms with Gasteiger partial charge in [-0.25, -0.2) is 4.98 Å². The van der Waals surface area contributed by atoms with Crippen LogP contribution in [0, 0.1) is 0 Å². The quantitative estimate of drug-likeness (QED) is 0.754. The lowest BCUT2D eigenvalue weighted by molar-refractivity contribution is 0.122. The second-order valence-corrected chi connectivity index (χ2v) is 7.55. The highest BCUT2D eigenvalue weighted by molar-refractivity contribution is 5.75. The summed E-state index contributed by atoms with van der Waals surface area (Å²) in [5.41, 5.74) is 4.06. The van der Waals surface area contributed by atoms with Crippen LogP contribution in [0.1, 0.15) is 50.5 Å². The van der Waals surface area contributed by atoms with E-state index in [1.807, 2.05) is 11.4 Å². The molecular weight excluding hydrogens is 362 g/mol. The van der Waals surface area contributed by atoms with Gasteiger partial charge in [0.15, 0.2) is 5.65 Å². The van der Waals surface area contributed by atoms with Crippen LogP contribution in [-0.2, 0) is 4.74 Å². The molecule has 4 rings (SSSR count). The van der Waals surface area contributed by atoms with E-state index >= 15 is 0 Å². The van der Waals surface area contributed by atoms with Gasteiger partial charge in [0.05, 0.1) is 24.6 Å². The third kappa shape index (κ3) is 4.43. The molecule has 2 fully saturated rings. The number of ether oxygens (including phenoxy) is 1. The van der Waals surface area contributed by atoms with Crippen molar-refractivity contribution >= 4 is 17.0 Å². The SMILES string of the molecule is C\C=C/C(=C\C=C\CC)c1cc2nc(C3CCCN3)cc(N3CCOCC3)n2n1. The molecular formula is C23H31N5O. The Bertz CT molecular complexity index is 915. The summed E-state index contributed by atoms with van der Waals surface area (Å²) in [4.78, 5) is 7.35. The van der Waals surface area contributed by atoms with E-state index in [1.54, 1.807) is 0 Å².